The van der Waals surface area contributed by atoms with Crippen LogP contribution in [0, 0.1) is 13.8 Å². The summed E-state index contributed by atoms with van der Waals surface area (Å²) in [6, 6.07) is 16.5. The van der Waals surface area contributed by atoms with Gasteiger partial charge >= 0.3 is 5.69 Å². The average molecular weight is 432 g/mol. The summed E-state index contributed by atoms with van der Waals surface area (Å²) in [5, 5.41) is 2.62. The van der Waals surface area contributed by atoms with Crippen LogP contribution in [-0.4, -0.2) is 28.4 Å². The Hall–Kier alpha value is -4.20. The topological polar surface area (TPSA) is 104 Å². The minimum absolute atomic E-state index is 0.0541. The predicted molar refractivity (Wildman–Crippen MR) is 123 cm³/mol. The summed E-state index contributed by atoms with van der Waals surface area (Å²) in [6.07, 6.45) is 2.88. The number of benzene rings is 2. The number of rotatable bonds is 6. The summed E-state index contributed by atoms with van der Waals surface area (Å²) in [7, 11) is 1.62. The molecule has 0 fully saturated rings. The summed E-state index contributed by atoms with van der Waals surface area (Å²) < 4.78 is 1.08. The standard InChI is InChI=1S/C24H24N4O4/c1-16-9-11-19(12-10-16)27(3)23(31)20(13-18-7-5-4-6-8-18)25-21(29)15-28-14-17(2)22(30)26-24(28)32/h4-14H,15H2,1-3H3,(H,25,29)(H,26,30,32). The molecule has 0 saturated carbocycles. The minimum atomic E-state index is -0.701. The van der Waals surface area contributed by atoms with Crippen LogP contribution in [0.4, 0.5) is 5.69 Å². The summed E-state index contributed by atoms with van der Waals surface area (Å²) in [5.74, 6) is -0.998. The Labute approximate surface area is 184 Å². The zero-order chi connectivity index (χ0) is 23.3. The number of anilines is 1. The highest BCUT2D eigenvalue weighted by Gasteiger charge is 2.19. The van der Waals surface area contributed by atoms with Crippen molar-refractivity contribution < 1.29 is 9.59 Å². The molecule has 3 rings (SSSR count). The predicted octanol–water partition coefficient (Wildman–Crippen LogP) is 1.97. The van der Waals surface area contributed by atoms with Gasteiger partial charge in [-0.3, -0.25) is 23.9 Å². The summed E-state index contributed by atoms with van der Waals surface area (Å²) in [4.78, 5) is 53.0. The molecule has 0 radical (unpaired) electrons. The number of aromatic amines is 1. The summed E-state index contributed by atoms with van der Waals surface area (Å²) in [5.41, 5.74) is 1.60. The van der Waals surface area contributed by atoms with Crippen LogP contribution in [0.25, 0.3) is 6.08 Å². The van der Waals surface area contributed by atoms with Crippen LogP contribution in [0.5, 0.6) is 0 Å². The van der Waals surface area contributed by atoms with Crippen LogP contribution < -0.4 is 21.5 Å². The molecule has 8 heteroatoms. The Morgan fingerprint density at radius 2 is 1.69 bits per heavy atom. The van der Waals surface area contributed by atoms with Gasteiger partial charge < -0.3 is 10.2 Å². The van der Waals surface area contributed by atoms with Gasteiger partial charge in [0.05, 0.1) is 0 Å². The van der Waals surface area contributed by atoms with Gasteiger partial charge in [0, 0.05) is 24.5 Å². The van der Waals surface area contributed by atoms with Gasteiger partial charge in [0.1, 0.15) is 12.2 Å². The highest BCUT2D eigenvalue weighted by Crippen LogP contribution is 2.16. The number of carbonyl (C=O) groups excluding carboxylic acids is 2. The first-order valence-corrected chi connectivity index (χ1v) is 9.96. The zero-order valence-corrected chi connectivity index (χ0v) is 18.1. The molecule has 0 atom stereocenters. The Kier molecular flexibility index (Phi) is 6.84. The number of nitrogens with zero attached hydrogens (tertiary/aromatic N) is 2. The largest absolute Gasteiger partial charge is 0.328 e. The fourth-order valence-corrected chi connectivity index (χ4v) is 3.01. The van der Waals surface area contributed by atoms with Crippen LogP contribution in [-0.2, 0) is 16.1 Å². The van der Waals surface area contributed by atoms with E-state index in [-0.39, 0.29) is 12.2 Å². The van der Waals surface area contributed by atoms with Crippen LogP contribution in [0.1, 0.15) is 16.7 Å². The van der Waals surface area contributed by atoms with E-state index in [1.54, 1.807) is 25.3 Å². The number of carbonyl (C=O) groups is 2. The lowest BCUT2D eigenvalue weighted by Crippen LogP contribution is -2.40. The molecule has 1 aromatic heterocycles. The fourth-order valence-electron chi connectivity index (χ4n) is 3.01. The lowest BCUT2D eigenvalue weighted by Gasteiger charge is -2.20. The maximum Gasteiger partial charge on any atom is 0.328 e. The van der Waals surface area contributed by atoms with E-state index in [9.17, 15) is 19.2 Å². The van der Waals surface area contributed by atoms with E-state index in [4.69, 9.17) is 0 Å². The number of hydrogen-bond donors (Lipinski definition) is 2. The van der Waals surface area contributed by atoms with Gasteiger partial charge in [-0.1, -0.05) is 48.0 Å². The molecule has 2 aromatic carbocycles. The Morgan fingerprint density at radius 3 is 2.34 bits per heavy atom. The first kappa shape index (κ1) is 22.5. The van der Waals surface area contributed by atoms with Gasteiger partial charge in [0.15, 0.2) is 0 Å². The number of amides is 2. The van der Waals surface area contributed by atoms with Crippen molar-refractivity contribution >= 4 is 23.6 Å². The molecule has 2 N–H and O–H groups in total. The van der Waals surface area contributed by atoms with Crippen molar-refractivity contribution in [2.24, 2.45) is 0 Å². The maximum atomic E-state index is 13.2. The van der Waals surface area contributed by atoms with Crippen molar-refractivity contribution in [1.29, 1.82) is 0 Å². The first-order chi connectivity index (χ1) is 15.2. The lowest BCUT2D eigenvalue weighted by atomic mass is 10.1. The molecule has 2 amide bonds. The normalized spacial score (nSPS) is 11.2. The van der Waals surface area contributed by atoms with E-state index in [0.717, 1.165) is 15.7 Å². The molecule has 3 aromatic rings. The van der Waals surface area contributed by atoms with Crippen LogP contribution in [0.3, 0.4) is 0 Å². The third kappa shape index (κ3) is 5.48. The molecular formula is C24H24N4O4. The third-order valence-electron chi connectivity index (χ3n) is 4.84. The molecule has 8 nitrogen and oxygen atoms in total. The van der Waals surface area contributed by atoms with Crippen LogP contribution >= 0.6 is 0 Å². The third-order valence-corrected chi connectivity index (χ3v) is 4.84. The van der Waals surface area contributed by atoms with Crippen molar-refractivity contribution in [1.82, 2.24) is 14.9 Å². The second-order valence-electron chi connectivity index (χ2n) is 7.42. The molecule has 1 heterocycles. The van der Waals surface area contributed by atoms with Gasteiger partial charge in [0.2, 0.25) is 5.91 Å². The van der Waals surface area contributed by atoms with Crippen LogP contribution in [0.2, 0.25) is 0 Å². The second-order valence-corrected chi connectivity index (χ2v) is 7.42. The Bertz CT molecular complexity index is 1270. The van der Waals surface area contributed by atoms with Crippen molar-refractivity contribution in [3.63, 3.8) is 0 Å². The lowest BCUT2D eigenvalue weighted by molar-refractivity contribution is -0.123. The van der Waals surface area contributed by atoms with Crippen molar-refractivity contribution in [2.45, 2.75) is 20.4 Å². The SMILES string of the molecule is Cc1ccc(N(C)C(=O)C(=Cc2ccccc2)NC(=O)Cn2cc(C)c(=O)[nH]c2=O)cc1. The summed E-state index contributed by atoms with van der Waals surface area (Å²) >= 11 is 0. The Balaban J connectivity index is 1.88. The van der Waals surface area contributed by atoms with Gasteiger partial charge in [-0.2, -0.15) is 0 Å². The van der Waals surface area contributed by atoms with E-state index in [2.05, 4.69) is 10.3 Å². The van der Waals surface area contributed by atoms with Gasteiger partial charge in [0.25, 0.3) is 11.5 Å². The van der Waals surface area contributed by atoms with Crippen molar-refractivity contribution in [2.75, 3.05) is 11.9 Å². The van der Waals surface area contributed by atoms with E-state index in [1.807, 2.05) is 49.4 Å². The van der Waals surface area contributed by atoms with E-state index in [1.165, 1.54) is 18.0 Å². The number of hydrogen-bond acceptors (Lipinski definition) is 4. The first-order valence-electron chi connectivity index (χ1n) is 9.96. The molecule has 164 valence electrons. The number of nitrogens with one attached hydrogen (secondary N) is 2. The fraction of sp³-hybridized carbons (Fsp3) is 0.167. The molecule has 0 unspecified atom stereocenters. The monoisotopic (exact) mass is 432 g/mol. The molecular weight excluding hydrogens is 408 g/mol. The Morgan fingerprint density at radius 1 is 1.03 bits per heavy atom. The van der Waals surface area contributed by atoms with E-state index in [0.29, 0.717) is 11.3 Å². The molecule has 0 aliphatic heterocycles. The van der Waals surface area contributed by atoms with E-state index >= 15 is 0 Å². The van der Waals surface area contributed by atoms with Gasteiger partial charge in [-0.15, -0.1) is 0 Å². The highest BCUT2D eigenvalue weighted by atomic mass is 16.2. The van der Waals surface area contributed by atoms with Crippen LogP contribution in [0.15, 0.2) is 76.1 Å². The average Bonchev–Trinajstić information content (AvgIpc) is 2.77. The van der Waals surface area contributed by atoms with Crippen molar-refractivity contribution in [3.8, 4) is 0 Å². The quantitative estimate of drug-likeness (QED) is 0.581. The van der Waals surface area contributed by atoms with Gasteiger partial charge in [-0.05, 0) is 37.6 Å². The van der Waals surface area contributed by atoms with Crippen molar-refractivity contribution in [3.05, 3.63) is 104 Å². The number of likely N-dealkylation sites (N-methyl/N-ethyl adjacent to an activating group) is 1. The molecule has 0 spiro atoms. The number of aryl methyl sites for hydroxylation is 2. The number of H-pyrrole nitrogens is 1. The molecule has 0 aliphatic rings. The molecule has 32 heavy (non-hydrogen) atoms. The van der Waals surface area contributed by atoms with E-state index < -0.39 is 23.1 Å². The second kappa shape index (κ2) is 9.74. The summed E-state index contributed by atoms with van der Waals surface area (Å²) in [6.45, 7) is 3.13. The highest BCUT2D eigenvalue weighted by molar-refractivity contribution is 6.09. The maximum absolute atomic E-state index is 13.2. The smallest absolute Gasteiger partial charge is 0.320 e. The minimum Gasteiger partial charge on any atom is -0.320 e. The van der Waals surface area contributed by atoms with Gasteiger partial charge in [-0.25, -0.2) is 4.79 Å². The zero-order valence-electron chi connectivity index (χ0n) is 18.1. The number of aromatic nitrogens is 2. The molecule has 0 aliphatic carbocycles. The molecule has 0 bridgehead atoms. The molecule has 0 saturated heterocycles.